The molecule has 0 radical (unpaired) electrons. The molecular formula is C56H38N4. The van der Waals surface area contributed by atoms with E-state index in [-0.39, 0.29) is 0 Å². The van der Waals surface area contributed by atoms with Crippen LogP contribution < -0.4 is 0 Å². The van der Waals surface area contributed by atoms with Gasteiger partial charge in [-0.3, -0.25) is 0 Å². The van der Waals surface area contributed by atoms with Crippen LogP contribution in [-0.4, -0.2) is 14.1 Å². The molecule has 11 rings (SSSR count). The zero-order valence-corrected chi connectivity index (χ0v) is 33.3. The first-order valence-electron chi connectivity index (χ1n) is 20.4. The van der Waals surface area contributed by atoms with Crippen LogP contribution in [0.15, 0.2) is 194 Å². The van der Waals surface area contributed by atoms with E-state index in [9.17, 15) is 5.26 Å². The standard InChI is InChI=1S/C56H38N4/c1-36-15-6-8-19-42(36)40-27-29-46-44-21-10-12-25-50(44)59(52(46)33-40)54-31-38(35-57)32-55(56(54)49-24-14-23-48(58-49)39-17-4-3-5-18-39)60-51-26-13-11-22-45(51)47-30-28-41(34-53(47)60)43-20-9-7-16-37(43)2/h3-34H,1-2H3. The number of fused-ring (bicyclic) bond motifs is 6. The summed E-state index contributed by atoms with van der Waals surface area (Å²) in [4.78, 5) is 5.47. The van der Waals surface area contributed by atoms with Crippen LogP contribution in [0.5, 0.6) is 0 Å². The second-order valence-corrected chi connectivity index (χ2v) is 15.6. The summed E-state index contributed by atoms with van der Waals surface area (Å²) in [5, 5.41) is 15.5. The van der Waals surface area contributed by atoms with Crippen LogP contribution in [-0.2, 0) is 0 Å². The highest BCUT2D eigenvalue weighted by Crippen LogP contribution is 2.44. The van der Waals surface area contributed by atoms with Crippen molar-refractivity contribution in [3.05, 3.63) is 211 Å². The molecule has 0 aliphatic carbocycles. The van der Waals surface area contributed by atoms with E-state index in [2.05, 4.69) is 217 Å². The second-order valence-electron chi connectivity index (χ2n) is 15.6. The van der Waals surface area contributed by atoms with E-state index in [4.69, 9.17) is 4.98 Å². The van der Waals surface area contributed by atoms with Gasteiger partial charge in [-0.05, 0) is 95.8 Å². The Morgan fingerprint density at radius 3 is 1.40 bits per heavy atom. The average molecular weight is 767 g/mol. The van der Waals surface area contributed by atoms with Gasteiger partial charge in [0.25, 0.3) is 0 Å². The third-order valence-corrected chi connectivity index (χ3v) is 12.0. The summed E-state index contributed by atoms with van der Waals surface area (Å²) in [7, 11) is 0. The fourth-order valence-corrected chi connectivity index (χ4v) is 9.22. The summed E-state index contributed by atoms with van der Waals surface area (Å²) in [6, 6.07) is 71.2. The quantitative estimate of drug-likeness (QED) is 0.169. The first-order valence-corrected chi connectivity index (χ1v) is 20.4. The number of nitriles is 1. The van der Waals surface area contributed by atoms with Gasteiger partial charge in [0.2, 0.25) is 0 Å². The predicted molar refractivity (Wildman–Crippen MR) is 249 cm³/mol. The van der Waals surface area contributed by atoms with Crippen molar-refractivity contribution in [2.24, 2.45) is 0 Å². The molecular weight excluding hydrogens is 729 g/mol. The average Bonchev–Trinajstić information content (AvgIpc) is 3.81. The monoisotopic (exact) mass is 766 g/mol. The third kappa shape index (κ3) is 5.63. The molecule has 0 saturated heterocycles. The molecule has 0 bridgehead atoms. The van der Waals surface area contributed by atoms with Gasteiger partial charge in [-0.25, -0.2) is 4.98 Å². The van der Waals surface area contributed by atoms with Crippen molar-refractivity contribution in [3.8, 4) is 62.2 Å². The molecule has 0 N–H and O–H groups in total. The van der Waals surface area contributed by atoms with Crippen LogP contribution in [0.1, 0.15) is 16.7 Å². The highest BCUT2D eigenvalue weighted by atomic mass is 15.0. The Kier molecular flexibility index (Phi) is 8.28. The highest BCUT2D eigenvalue weighted by Gasteiger charge is 2.25. The van der Waals surface area contributed by atoms with E-state index in [1.165, 1.54) is 22.3 Å². The number of aryl methyl sites for hydroxylation is 2. The van der Waals surface area contributed by atoms with Gasteiger partial charge in [-0.2, -0.15) is 5.26 Å². The zero-order valence-electron chi connectivity index (χ0n) is 33.3. The number of hydrogen-bond donors (Lipinski definition) is 0. The molecule has 4 nitrogen and oxygen atoms in total. The van der Waals surface area contributed by atoms with Crippen molar-refractivity contribution in [1.29, 1.82) is 5.26 Å². The fraction of sp³-hybridized carbons (Fsp3) is 0.0357. The van der Waals surface area contributed by atoms with Crippen molar-refractivity contribution >= 4 is 43.6 Å². The van der Waals surface area contributed by atoms with Crippen LogP contribution in [0.4, 0.5) is 0 Å². The van der Waals surface area contributed by atoms with Gasteiger partial charge in [-0.15, -0.1) is 0 Å². The topological polar surface area (TPSA) is 46.5 Å². The molecule has 0 fully saturated rings. The van der Waals surface area contributed by atoms with Gasteiger partial charge >= 0.3 is 0 Å². The van der Waals surface area contributed by atoms with Crippen LogP contribution in [0, 0.1) is 25.2 Å². The van der Waals surface area contributed by atoms with E-state index < -0.39 is 0 Å². The SMILES string of the molecule is Cc1ccccc1-c1ccc2c3ccccc3n(-c3cc(C#N)cc(-n4c5ccccc5c5ccc(-c6ccccc6C)cc54)c3-c3cccc(-c4ccccc4)n3)c2c1. The molecule has 0 atom stereocenters. The number of pyridine rings is 1. The number of nitrogens with zero attached hydrogens (tertiary/aromatic N) is 4. The molecule has 4 heteroatoms. The summed E-state index contributed by atoms with van der Waals surface area (Å²) in [6.07, 6.45) is 0. The Hall–Kier alpha value is -8.00. The van der Waals surface area contributed by atoms with Crippen LogP contribution in [0.2, 0.25) is 0 Å². The van der Waals surface area contributed by atoms with Crippen molar-refractivity contribution in [1.82, 2.24) is 14.1 Å². The van der Waals surface area contributed by atoms with E-state index in [1.54, 1.807) is 0 Å². The predicted octanol–water partition coefficient (Wildman–Crippen LogP) is 14.4. The van der Waals surface area contributed by atoms with Crippen LogP contribution >= 0.6 is 0 Å². The number of hydrogen-bond acceptors (Lipinski definition) is 2. The van der Waals surface area contributed by atoms with Gasteiger partial charge < -0.3 is 9.13 Å². The first-order chi connectivity index (χ1) is 29.6. The van der Waals surface area contributed by atoms with Gasteiger partial charge in [0.1, 0.15) is 0 Å². The molecule has 3 heterocycles. The first kappa shape index (κ1) is 35.2. The summed E-state index contributed by atoms with van der Waals surface area (Å²) in [6.45, 7) is 4.33. The van der Waals surface area contributed by atoms with E-state index in [1.807, 2.05) is 6.07 Å². The van der Waals surface area contributed by atoms with Gasteiger partial charge in [0, 0.05) is 32.7 Å². The molecule has 60 heavy (non-hydrogen) atoms. The van der Waals surface area contributed by atoms with Crippen molar-refractivity contribution < 1.29 is 0 Å². The van der Waals surface area contributed by atoms with E-state index in [0.29, 0.717) is 5.56 Å². The van der Waals surface area contributed by atoms with Gasteiger partial charge in [-0.1, -0.05) is 146 Å². The Bertz CT molecular complexity index is 3340. The van der Waals surface area contributed by atoms with Gasteiger partial charge in [0.05, 0.1) is 56.5 Å². The number of para-hydroxylation sites is 2. The molecule has 3 aromatic heterocycles. The Labute approximate surface area is 348 Å². The molecule has 8 aromatic carbocycles. The minimum absolute atomic E-state index is 0.560. The van der Waals surface area contributed by atoms with Crippen molar-refractivity contribution in [3.63, 3.8) is 0 Å². The van der Waals surface area contributed by atoms with Crippen LogP contribution in [0.25, 0.3) is 99.8 Å². The van der Waals surface area contributed by atoms with E-state index in [0.717, 1.165) is 88.6 Å². The minimum Gasteiger partial charge on any atom is -0.308 e. The minimum atomic E-state index is 0.560. The maximum atomic E-state index is 11.0. The lowest BCUT2D eigenvalue weighted by Gasteiger charge is -2.21. The van der Waals surface area contributed by atoms with Crippen LogP contribution in [0.3, 0.4) is 0 Å². The molecule has 0 saturated carbocycles. The number of aromatic nitrogens is 3. The lowest BCUT2D eigenvalue weighted by atomic mass is 9.98. The number of rotatable bonds is 6. The van der Waals surface area contributed by atoms with Crippen molar-refractivity contribution in [2.75, 3.05) is 0 Å². The maximum Gasteiger partial charge on any atom is 0.0993 e. The third-order valence-electron chi connectivity index (χ3n) is 12.0. The number of benzene rings is 8. The molecule has 282 valence electrons. The summed E-state index contributed by atoms with van der Waals surface area (Å²) < 4.78 is 4.71. The smallest absolute Gasteiger partial charge is 0.0993 e. The Morgan fingerprint density at radius 2 is 0.867 bits per heavy atom. The largest absolute Gasteiger partial charge is 0.308 e. The lowest BCUT2D eigenvalue weighted by Crippen LogP contribution is -2.06. The summed E-state index contributed by atoms with van der Waals surface area (Å²) >= 11 is 0. The van der Waals surface area contributed by atoms with E-state index >= 15 is 0 Å². The van der Waals surface area contributed by atoms with Crippen molar-refractivity contribution in [2.45, 2.75) is 13.8 Å². The molecule has 0 spiro atoms. The fourth-order valence-electron chi connectivity index (χ4n) is 9.22. The molecule has 0 amide bonds. The highest BCUT2D eigenvalue weighted by molar-refractivity contribution is 6.13. The molecule has 11 aromatic rings. The molecule has 0 aliphatic heterocycles. The zero-order chi connectivity index (χ0) is 40.3. The second kappa shape index (κ2) is 14.1. The molecule has 0 aliphatic rings. The molecule has 0 unspecified atom stereocenters. The van der Waals surface area contributed by atoms with Gasteiger partial charge in [0.15, 0.2) is 0 Å². The normalized spacial score (nSPS) is 11.5. The summed E-state index contributed by atoms with van der Waals surface area (Å²) in [5.74, 6) is 0. The Morgan fingerprint density at radius 1 is 0.400 bits per heavy atom. The Balaban J connectivity index is 1.30. The summed E-state index contributed by atoms with van der Waals surface area (Å²) in [5.41, 5.74) is 17.3. The lowest BCUT2D eigenvalue weighted by molar-refractivity contribution is 1.12. The maximum absolute atomic E-state index is 11.0.